The van der Waals surface area contributed by atoms with Crippen LogP contribution in [0.15, 0.2) is 18.2 Å². The summed E-state index contributed by atoms with van der Waals surface area (Å²) in [5, 5.41) is 0. The highest BCUT2D eigenvalue weighted by atomic mass is 31.2. The first-order valence-corrected chi connectivity index (χ1v) is 12.3. The fourth-order valence-electron chi connectivity index (χ4n) is 4.70. The Morgan fingerprint density at radius 2 is 2.07 bits per heavy atom. The molecule has 1 saturated carbocycles. The maximum absolute atomic E-state index is 11.0. The van der Waals surface area contributed by atoms with Crippen LogP contribution in [0, 0.1) is 11.8 Å². The van der Waals surface area contributed by atoms with E-state index in [1.165, 1.54) is 23.1 Å². The van der Waals surface area contributed by atoms with Gasteiger partial charge in [0, 0.05) is 18.8 Å². The molecule has 0 unspecified atom stereocenters. The molecule has 0 radical (unpaired) electrons. The average Bonchev–Trinajstić information content (AvgIpc) is 3.05. The third-order valence-corrected chi connectivity index (χ3v) is 6.78. The van der Waals surface area contributed by atoms with Gasteiger partial charge in [0.05, 0.1) is 6.61 Å². The van der Waals surface area contributed by atoms with Crippen LogP contribution >= 0.6 is 7.82 Å². The van der Waals surface area contributed by atoms with Crippen LogP contribution in [0.3, 0.4) is 0 Å². The van der Waals surface area contributed by atoms with Crippen molar-refractivity contribution in [2.45, 2.75) is 70.3 Å². The molecular formula is C22H36NO5P. The van der Waals surface area contributed by atoms with E-state index >= 15 is 0 Å². The zero-order chi connectivity index (χ0) is 21.1. The fraction of sp³-hybridized carbons (Fsp3) is 0.727. The molecular weight excluding hydrogens is 389 g/mol. The number of fused-ring (bicyclic) bond motifs is 1. The van der Waals surface area contributed by atoms with Crippen LogP contribution < -0.4 is 5.73 Å². The van der Waals surface area contributed by atoms with Crippen molar-refractivity contribution in [1.82, 2.24) is 0 Å². The van der Waals surface area contributed by atoms with Gasteiger partial charge in [0.25, 0.3) is 0 Å². The monoisotopic (exact) mass is 425 g/mol. The van der Waals surface area contributed by atoms with E-state index in [0.29, 0.717) is 30.6 Å². The molecule has 164 valence electrons. The first-order chi connectivity index (χ1) is 13.6. The largest absolute Gasteiger partial charge is 0.469 e. The number of rotatable bonds is 9. The quantitative estimate of drug-likeness (QED) is 0.409. The van der Waals surface area contributed by atoms with Crippen molar-refractivity contribution < 1.29 is 23.6 Å². The highest BCUT2D eigenvalue weighted by molar-refractivity contribution is 7.46. The Morgan fingerprint density at radius 1 is 1.28 bits per heavy atom. The molecule has 0 bridgehead atoms. The lowest BCUT2D eigenvalue weighted by Gasteiger charge is -2.27. The Labute approximate surface area is 174 Å². The molecule has 7 heteroatoms. The van der Waals surface area contributed by atoms with Crippen molar-refractivity contribution in [3.05, 3.63) is 34.9 Å². The molecule has 6 nitrogen and oxygen atoms in total. The standard InChI is InChI=1S/C22H36NO5P/c1-16(2)14-27-10-8-17-3-4-19-12-20(6-5-18(19)11-17)21-7-9-22(23,13-21)15-28-29(24,25)26/h5-6,12,16-17,21H,3-4,7-11,13-15,23H2,1-2H3,(H2,24,25,26)/t17-,21-,22+/m0/s1. The maximum atomic E-state index is 11.0. The maximum Gasteiger partial charge on any atom is 0.469 e. The van der Waals surface area contributed by atoms with Gasteiger partial charge < -0.3 is 20.3 Å². The number of phosphoric ester groups is 1. The zero-order valence-corrected chi connectivity index (χ0v) is 18.6. The Bertz CT molecular complexity index is 734. The van der Waals surface area contributed by atoms with Crippen molar-refractivity contribution in [3.8, 4) is 0 Å². The van der Waals surface area contributed by atoms with E-state index in [4.69, 9.17) is 20.3 Å². The summed E-state index contributed by atoms with van der Waals surface area (Å²) in [6.45, 7) is 5.96. The molecule has 0 heterocycles. The summed E-state index contributed by atoms with van der Waals surface area (Å²) >= 11 is 0. The SMILES string of the molecule is CC(C)COCC[C@@H]1CCc2cc([C@H]3CC[C@](N)(COP(=O)(O)O)C3)ccc2C1. The highest BCUT2D eigenvalue weighted by Crippen LogP contribution is 2.44. The first kappa shape index (κ1) is 22.9. The number of phosphoric acid groups is 1. The van der Waals surface area contributed by atoms with E-state index in [9.17, 15) is 4.57 Å². The van der Waals surface area contributed by atoms with Crippen LogP contribution in [0.5, 0.6) is 0 Å². The van der Waals surface area contributed by atoms with Gasteiger partial charge in [-0.1, -0.05) is 32.0 Å². The summed E-state index contributed by atoms with van der Waals surface area (Å²) in [5.41, 5.74) is 9.88. The molecule has 1 fully saturated rings. The predicted octanol–water partition coefficient (Wildman–Crippen LogP) is 3.93. The molecule has 2 aliphatic rings. The van der Waals surface area contributed by atoms with Gasteiger partial charge in [-0.2, -0.15) is 0 Å². The number of nitrogens with two attached hydrogens (primary N) is 1. The van der Waals surface area contributed by atoms with Crippen molar-refractivity contribution >= 4 is 7.82 Å². The van der Waals surface area contributed by atoms with E-state index in [1.807, 2.05) is 0 Å². The molecule has 3 atom stereocenters. The van der Waals surface area contributed by atoms with Crippen LogP contribution in [0.2, 0.25) is 0 Å². The number of hydrogen-bond donors (Lipinski definition) is 3. The summed E-state index contributed by atoms with van der Waals surface area (Å²) in [4.78, 5) is 17.9. The Kier molecular flexibility index (Phi) is 7.58. The summed E-state index contributed by atoms with van der Waals surface area (Å²) in [5.74, 6) is 1.62. The topological polar surface area (TPSA) is 102 Å². The second kappa shape index (κ2) is 9.59. The van der Waals surface area contributed by atoms with Gasteiger partial charge in [-0.15, -0.1) is 0 Å². The van der Waals surface area contributed by atoms with Gasteiger partial charge >= 0.3 is 7.82 Å². The van der Waals surface area contributed by atoms with Gasteiger partial charge in [0.15, 0.2) is 0 Å². The van der Waals surface area contributed by atoms with Crippen LogP contribution in [0.1, 0.15) is 68.6 Å². The molecule has 29 heavy (non-hydrogen) atoms. The van der Waals surface area contributed by atoms with Crippen molar-refractivity contribution in [2.75, 3.05) is 19.8 Å². The molecule has 2 aliphatic carbocycles. The molecule has 0 aliphatic heterocycles. The Hall–Kier alpha value is -0.750. The van der Waals surface area contributed by atoms with Gasteiger partial charge in [0.1, 0.15) is 0 Å². The van der Waals surface area contributed by atoms with Crippen LogP contribution in [-0.2, 0) is 26.7 Å². The van der Waals surface area contributed by atoms with E-state index in [1.54, 1.807) is 0 Å². The zero-order valence-electron chi connectivity index (χ0n) is 17.7. The van der Waals surface area contributed by atoms with E-state index < -0.39 is 13.4 Å². The molecule has 1 aromatic carbocycles. The second-order valence-electron chi connectivity index (χ2n) is 9.46. The molecule has 0 spiro atoms. The van der Waals surface area contributed by atoms with E-state index in [0.717, 1.165) is 38.9 Å². The normalized spacial score (nSPS) is 27.4. The Balaban J connectivity index is 1.53. The van der Waals surface area contributed by atoms with Gasteiger partial charge in [-0.25, -0.2) is 4.57 Å². The summed E-state index contributed by atoms with van der Waals surface area (Å²) in [6, 6.07) is 6.83. The van der Waals surface area contributed by atoms with Crippen molar-refractivity contribution in [1.29, 1.82) is 0 Å². The molecule has 0 saturated heterocycles. The van der Waals surface area contributed by atoms with Gasteiger partial charge in [-0.3, -0.25) is 4.52 Å². The summed E-state index contributed by atoms with van der Waals surface area (Å²) in [6.07, 6.45) is 6.92. The van der Waals surface area contributed by atoms with Crippen LogP contribution in [0.4, 0.5) is 0 Å². The summed E-state index contributed by atoms with van der Waals surface area (Å²) in [7, 11) is -4.48. The number of ether oxygens (including phenoxy) is 1. The number of hydrogen-bond acceptors (Lipinski definition) is 4. The molecule has 1 aromatic rings. The fourth-order valence-corrected chi connectivity index (χ4v) is 5.13. The molecule has 0 amide bonds. The van der Waals surface area contributed by atoms with Crippen LogP contribution in [-0.4, -0.2) is 35.1 Å². The van der Waals surface area contributed by atoms with E-state index in [2.05, 4.69) is 36.6 Å². The molecule has 4 N–H and O–H groups in total. The average molecular weight is 426 g/mol. The number of benzene rings is 1. The lowest BCUT2D eigenvalue weighted by molar-refractivity contribution is 0.0962. The van der Waals surface area contributed by atoms with E-state index in [-0.39, 0.29) is 6.61 Å². The Morgan fingerprint density at radius 3 is 2.79 bits per heavy atom. The lowest BCUT2D eigenvalue weighted by Crippen LogP contribution is -2.41. The highest BCUT2D eigenvalue weighted by Gasteiger charge is 2.38. The minimum Gasteiger partial charge on any atom is -0.381 e. The predicted molar refractivity (Wildman–Crippen MR) is 114 cm³/mol. The van der Waals surface area contributed by atoms with Crippen LogP contribution in [0.25, 0.3) is 0 Å². The first-order valence-electron chi connectivity index (χ1n) is 10.8. The van der Waals surface area contributed by atoms with Gasteiger partial charge in [-0.05, 0) is 79.4 Å². The summed E-state index contributed by atoms with van der Waals surface area (Å²) < 4.78 is 21.4. The van der Waals surface area contributed by atoms with Gasteiger partial charge in [0.2, 0.25) is 0 Å². The van der Waals surface area contributed by atoms with Crippen molar-refractivity contribution in [2.24, 2.45) is 17.6 Å². The number of aryl methyl sites for hydroxylation is 1. The smallest absolute Gasteiger partial charge is 0.381 e. The lowest BCUT2D eigenvalue weighted by atomic mass is 9.80. The third-order valence-electron chi connectivity index (χ3n) is 6.32. The van der Waals surface area contributed by atoms with Crippen molar-refractivity contribution in [3.63, 3.8) is 0 Å². The minimum absolute atomic E-state index is 0.0979. The molecule has 3 rings (SSSR count). The molecule has 0 aromatic heterocycles. The third kappa shape index (κ3) is 6.88. The minimum atomic E-state index is -4.48. The second-order valence-corrected chi connectivity index (χ2v) is 10.7.